The van der Waals surface area contributed by atoms with E-state index in [0.29, 0.717) is 18.7 Å². The molecule has 10 nitrogen and oxygen atoms in total. The molecule has 3 aromatic rings. The van der Waals surface area contributed by atoms with Gasteiger partial charge in [0.15, 0.2) is 5.65 Å². The van der Waals surface area contributed by atoms with Crippen LogP contribution in [0.1, 0.15) is 49.0 Å². The quantitative estimate of drug-likeness (QED) is 0.433. The maximum atomic E-state index is 13.3. The summed E-state index contributed by atoms with van der Waals surface area (Å²) in [6.45, 7) is 1.67. The Labute approximate surface area is 193 Å². The number of pyridine rings is 1. The lowest BCUT2D eigenvalue weighted by Gasteiger charge is -2.42. The van der Waals surface area contributed by atoms with Crippen LogP contribution in [0.15, 0.2) is 35.4 Å². The van der Waals surface area contributed by atoms with Crippen LogP contribution in [0.4, 0.5) is 26.1 Å². The Balaban J connectivity index is 1.45. The van der Waals surface area contributed by atoms with E-state index in [9.17, 15) is 23.5 Å². The van der Waals surface area contributed by atoms with E-state index in [-0.39, 0.29) is 41.6 Å². The predicted octanol–water partition coefficient (Wildman–Crippen LogP) is 2.29. The monoisotopic (exact) mass is 473 g/mol. The lowest BCUT2D eigenvalue weighted by Crippen LogP contribution is -2.58. The highest BCUT2D eigenvalue weighted by molar-refractivity contribution is 6.00. The van der Waals surface area contributed by atoms with E-state index in [1.807, 2.05) is 0 Å². The highest BCUT2D eigenvalue weighted by Gasteiger charge is 2.46. The summed E-state index contributed by atoms with van der Waals surface area (Å²) in [4.78, 5) is 30.2. The molecule has 180 valence electrons. The summed E-state index contributed by atoms with van der Waals surface area (Å²) >= 11 is 0. The van der Waals surface area contributed by atoms with Gasteiger partial charge >= 0.3 is 0 Å². The normalized spacial score (nSPS) is 23.7. The molecule has 0 saturated heterocycles. The first kappa shape index (κ1) is 22.3. The van der Waals surface area contributed by atoms with E-state index < -0.39 is 29.0 Å². The van der Waals surface area contributed by atoms with Crippen molar-refractivity contribution in [1.29, 1.82) is 0 Å². The number of carbonyl (C=O) groups excluding carboxylic acids is 1. The number of anilines is 3. The minimum absolute atomic E-state index is 0.174. The van der Waals surface area contributed by atoms with Crippen LogP contribution in [0, 0.1) is 0 Å². The van der Waals surface area contributed by atoms with E-state index in [1.54, 1.807) is 32.2 Å². The highest BCUT2D eigenvalue weighted by atomic mass is 19.3. The van der Waals surface area contributed by atoms with E-state index in [4.69, 9.17) is 0 Å². The summed E-state index contributed by atoms with van der Waals surface area (Å²) in [6, 6.07) is 3.86. The average Bonchev–Trinajstić information content (AvgIpc) is 3.20. The minimum Gasteiger partial charge on any atom is -0.388 e. The Hall–Kier alpha value is -3.54. The van der Waals surface area contributed by atoms with E-state index >= 15 is 0 Å². The molecular formula is C22H25F2N7O3. The van der Waals surface area contributed by atoms with Crippen molar-refractivity contribution in [3.8, 4) is 0 Å². The summed E-state index contributed by atoms with van der Waals surface area (Å²) in [7, 11) is 1.68. The molecule has 2 aliphatic carbocycles. The van der Waals surface area contributed by atoms with Gasteiger partial charge in [-0.1, -0.05) is 0 Å². The fourth-order valence-electron chi connectivity index (χ4n) is 4.39. The zero-order chi connectivity index (χ0) is 24.3. The Morgan fingerprint density at radius 1 is 1.32 bits per heavy atom. The Morgan fingerprint density at radius 3 is 2.71 bits per heavy atom. The molecule has 2 aliphatic rings. The number of aromatic nitrogens is 4. The van der Waals surface area contributed by atoms with Gasteiger partial charge in [0.25, 0.3) is 17.4 Å². The van der Waals surface area contributed by atoms with Gasteiger partial charge in [0.05, 0.1) is 17.8 Å². The first-order chi connectivity index (χ1) is 16.1. The number of nitrogens with one attached hydrogen (secondary N) is 3. The molecular weight excluding hydrogens is 448 g/mol. The Morgan fingerprint density at radius 2 is 2.09 bits per heavy atom. The van der Waals surface area contributed by atoms with E-state index in [1.165, 1.54) is 21.5 Å². The van der Waals surface area contributed by atoms with Crippen LogP contribution < -0.4 is 21.5 Å². The van der Waals surface area contributed by atoms with E-state index in [0.717, 1.165) is 0 Å². The summed E-state index contributed by atoms with van der Waals surface area (Å²) in [5, 5.41) is 23.2. The number of amides is 1. The summed E-state index contributed by atoms with van der Waals surface area (Å²) in [5.41, 5.74) is -0.750. The van der Waals surface area contributed by atoms with Crippen molar-refractivity contribution in [3.05, 3.63) is 46.5 Å². The number of carbonyl (C=O) groups is 1. The summed E-state index contributed by atoms with van der Waals surface area (Å²) in [6.07, 6.45) is 3.43. The zero-order valence-electron chi connectivity index (χ0n) is 18.7. The standard InChI is InChI=1S/C22H25F2N7O3/c1-21(34)6-5-15(21)28-19(32)13-11-26-31-17(25-2)8-16(29-18(13)31)27-14-4-3-7-30(20(14)33)12-9-22(23,24)10-12/h3-4,7-8,11-12,15,25,34H,5-6,9-10H2,1-2H3,(H,27,29)(H,28,32)/t15?,21-/m0/s1. The minimum atomic E-state index is -2.74. The van der Waals surface area contributed by atoms with Gasteiger partial charge in [0.1, 0.15) is 22.9 Å². The van der Waals surface area contributed by atoms with E-state index in [2.05, 4.69) is 26.0 Å². The van der Waals surface area contributed by atoms with Crippen LogP contribution >= 0.6 is 0 Å². The van der Waals surface area contributed by atoms with Gasteiger partial charge in [-0.2, -0.15) is 9.61 Å². The number of hydrogen-bond donors (Lipinski definition) is 4. The molecule has 4 N–H and O–H groups in total. The number of halogens is 2. The molecule has 3 aromatic heterocycles. The van der Waals surface area contributed by atoms with Crippen LogP contribution in [0.3, 0.4) is 0 Å². The smallest absolute Gasteiger partial charge is 0.274 e. The Kier molecular flexibility index (Phi) is 5.08. The third-order valence-electron chi connectivity index (χ3n) is 6.67. The molecule has 1 unspecified atom stereocenters. The summed E-state index contributed by atoms with van der Waals surface area (Å²) in [5.74, 6) is -2.37. The van der Waals surface area contributed by atoms with Crippen molar-refractivity contribution in [1.82, 2.24) is 24.5 Å². The number of aliphatic hydroxyl groups is 1. The van der Waals surface area contributed by atoms with Crippen molar-refractivity contribution in [2.24, 2.45) is 0 Å². The molecule has 2 saturated carbocycles. The van der Waals surface area contributed by atoms with Gasteiger partial charge in [-0.25, -0.2) is 13.8 Å². The van der Waals surface area contributed by atoms with Crippen molar-refractivity contribution >= 4 is 28.9 Å². The van der Waals surface area contributed by atoms with Gasteiger partial charge in [-0.05, 0) is 31.9 Å². The first-order valence-electron chi connectivity index (χ1n) is 11.0. The maximum absolute atomic E-state index is 13.3. The third-order valence-corrected chi connectivity index (χ3v) is 6.67. The second-order valence-corrected chi connectivity index (χ2v) is 9.17. The van der Waals surface area contributed by atoms with Crippen molar-refractivity contribution < 1.29 is 18.7 Å². The fraction of sp³-hybridized carbons (Fsp3) is 0.455. The molecule has 0 aromatic carbocycles. The number of rotatable bonds is 6. The van der Waals surface area contributed by atoms with Crippen molar-refractivity contribution in [2.75, 3.05) is 17.7 Å². The largest absolute Gasteiger partial charge is 0.388 e. The van der Waals surface area contributed by atoms with Crippen LogP contribution in [-0.2, 0) is 0 Å². The zero-order valence-corrected chi connectivity index (χ0v) is 18.7. The third kappa shape index (κ3) is 3.77. The molecule has 0 spiro atoms. The first-order valence-corrected chi connectivity index (χ1v) is 11.0. The number of hydrogen-bond acceptors (Lipinski definition) is 7. The molecule has 0 bridgehead atoms. The average molecular weight is 473 g/mol. The molecule has 12 heteroatoms. The second kappa shape index (κ2) is 7.76. The lowest BCUT2D eigenvalue weighted by molar-refractivity contribution is -0.104. The molecule has 0 aliphatic heterocycles. The van der Waals surface area contributed by atoms with Crippen molar-refractivity contribution in [2.45, 2.75) is 56.2 Å². The SMILES string of the molecule is CNc1cc(Nc2cccn(C3CC(F)(F)C3)c2=O)nc2c(C(=O)NC3CC[C@]3(C)O)cnn12. The van der Waals surface area contributed by atoms with Gasteiger partial charge in [-0.3, -0.25) is 9.59 Å². The summed E-state index contributed by atoms with van der Waals surface area (Å²) < 4.78 is 29.4. The Bertz CT molecular complexity index is 1330. The number of nitrogens with zero attached hydrogens (tertiary/aromatic N) is 4. The number of alkyl halides is 2. The van der Waals surface area contributed by atoms with Gasteiger partial charge < -0.3 is 25.6 Å². The lowest BCUT2D eigenvalue weighted by atomic mass is 9.76. The van der Waals surface area contributed by atoms with Crippen LogP contribution in [0.25, 0.3) is 5.65 Å². The predicted molar refractivity (Wildman–Crippen MR) is 121 cm³/mol. The van der Waals surface area contributed by atoms with Gasteiger partial charge in [0.2, 0.25) is 0 Å². The molecule has 34 heavy (non-hydrogen) atoms. The second-order valence-electron chi connectivity index (χ2n) is 9.17. The molecule has 1 amide bonds. The fourth-order valence-corrected chi connectivity index (χ4v) is 4.39. The van der Waals surface area contributed by atoms with Crippen LogP contribution in [-0.4, -0.2) is 54.8 Å². The van der Waals surface area contributed by atoms with Crippen LogP contribution in [0.2, 0.25) is 0 Å². The van der Waals surface area contributed by atoms with Crippen molar-refractivity contribution in [3.63, 3.8) is 0 Å². The topological polar surface area (TPSA) is 126 Å². The van der Waals surface area contributed by atoms with Gasteiger partial charge in [-0.15, -0.1) is 0 Å². The van der Waals surface area contributed by atoms with Gasteiger partial charge in [0, 0.05) is 38.2 Å². The molecule has 0 radical (unpaired) electrons. The van der Waals surface area contributed by atoms with Crippen LogP contribution in [0.5, 0.6) is 0 Å². The molecule has 2 fully saturated rings. The highest BCUT2D eigenvalue weighted by Crippen LogP contribution is 2.44. The molecule has 5 rings (SSSR count). The molecule has 3 heterocycles. The molecule has 2 atom stereocenters. The maximum Gasteiger partial charge on any atom is 0.274 e. The number of fused-ring (bicyclic) bond motifs is 1.